The van der Waals surface area contributed by atoms with Crippen LogP contribution < -0.4 is 4.90 Å². The van der Waals surface area contributed by atoms with Crippen LogP contribution in [0.4, 0.5) is 0 Å². The monoisotopic (exact) mass is 412 g/mol. The number of piperidine rings is 1. The molecule has 0 spiro atoms. The third kappa shape index (κ3) is 11.7. The van der Waals surface area contributed by atoms with Crippen molar-refractivity contribution in [2.45, 2.75) is 39.2 Å². The van der Waals surface area contributed by atoms with Crippen molar-refractivity contribution in [1.29, 1.82) is 0 Å². The highest BCUT2D eigenvalue weighted by Crippen LogP contribution is 1.99. The summed E-state index contributed by atoms with van der Waals surface area (Å²) in [5, 5.41) is 0. The van der Waals surface area contributed by atoms with Crippen LogP contribution in [-0.4, -0.2) is 69.4 Å². The summed E-state index contributed by atoms with van der Waals surface area (Å²) in [5.41, 5.74) is 0. The summed E-state index contributed by atoms with van der Waals surface area (Å²) in [6, 6.07) is 0. The quantitative estimate of drug-likeness (QED) is 0.281. The molecule has 0 saturated carbocycles. The summed E-state index contributed by atoms with van der Waals surface area (Å²) in [6.07, 6.45) is 6.58. The fourth-order valence-corrected chi connectivity index (χ4v) is 2.79. The van der Waals surface area contributed by atoms with E-state index in [2.05, 4.69) is 4.74 Å². The molecule has 1 saturated heterocycles. The lowest BCUT2D eigenvalue weighted by molar-refractivity contribution is -0.907. The highest BCUT2D eigenvalue weighted by Gasteiger charge is 2.23. The Bertz CT molecular complexity index is 608. The molecule has 162 valence electrons. The van der Waals surface area contributed by atoms with Gasteiger partial charge in [-0.3, -0.25) is 0 Å². The predicted molar refractivity (Wildman–Crippen MR) is 102 cm³/mol. The molecule has 29 heavy (non-hydrogen) atoms. The molecule has 0 amide bonds. The van der Waals surface area contributed by atoms with Gasteiger partial charge in [0.15, 0.2) is 6.10 Å². The van der Waals surface area contributed by atoms with Crippen LogP contribution in [0.15, 0.2) is 24.3 Å². The largest absolute Gasteiger partial charge is 0.463 e. The third-order valence-electron chi connectivity index (χ3n) is 4.06. The summed E-state index contributed by atoms with van der Waals surface area (Å²) in [7, 11) is 0. The fourth-order valence-electron chi connectivity index (χ4n) is 2.79. The van der Waals surface area contributed by atoms with Gasteiger partial charge in [-0.1, -0.05) is 0 Å². The van der Waals surface area contributed by atoms with Gasteiger partial charge in [-0.25, -0.2) is 19.2 Å². The van der Waals surface area contributed by atoms with Gasteiger partial charge in [0.1, 0.15) is 13.2 Å². The molecule has 1 fully saturated rings. The molecule has 1 rings (SSSR count). The van der Waals surface area contributed by atoms with Crippen LogP contribution in [0, 0.1) is 0 Å². The molecule has 1 N–H and O–H groups in total. The van der Waals surface area contributed by atoms with Gasteiger partial charge in [-0.2, -0.15) is 0 Å². The van der Waals surface area contributed by atoms with Crippen LogP contribution in [0.3, 0.4) is 0 Å². The maximum atomic E-state index is 12.0. The normalized spacial score (nSPS) is 15.8. The number of carbonyl (C=O) groups is 4. The molecule has 0 aromatic carbocycles. The Morgan fingerprint density at radius 2 is 1.24 bits per heavy atom. The minimum absolute atomic E-state index is 0.158. The minimum atomic E-state index is -0.741. The van der Waals surface area contributed by atoms with Gasteiger partial charge in [0.2, 0.25) is 0 Å². The first kappa shape index (κ1) is 24.4. The van der Waals surface area contributed by atoms with Crippen molar-refractivity contribution < 1.29 is 43.0 Å². The number of rotatable bonds is 11. The van der Waals surface area contributed by atoms with Crippen LogP contribution in [0.2, 0.25) is 0 Å². The van der Waals surface area contributed by atoms with Crippen molar-refractivity contribution in [2.75, 3.05) is 39.5 Å². The number of hydrogen-bond donors (Lipinski definition) is 1. The molecule has 0 radical (unpaired) electrons. The van der Waals surface area contributed by atoms with E-state index in [1.807, 2.05) is 0 Å². The van der Waals surface area contributed by atoms with Gasteiger partial charge in [0.05, 0.1) is 26.3 Å². The van der Waals surface area contributed by atoms with E-state index in [1.165, 1.54) is 11.3 Å². The van der Waals surface area contributed by atoms with E-state index in [0.717, 1.165) is 50.2 Å². The topological polar surface area (TPSA) is 110 Å². The van der Waals surface area contributed by atoms with Gasteiger partial charge < -0.3 is 23.8 Å². The molecule has 0 aromatic rings. The van der Waals surface area contributed by atoms with E-state index in [1.54, 1.807) is 13.8 Å². The SMILES string of the molecule is CCOC(=O)/C=C/C(=O)OCC(C[NH+]1CCCCC1)OC(=O)/C=C/C(=O)OCC. The minimum Gasteiger partial charge on any atom is -0.463 e. The molecule has 9 heteroatoms. The van der Waals surface area contributed by atoms with E-state index in [0.29, 0.717) is 6.54 Å². The van der Waals surface area contributed by atoms with Crippen molar-refractivity contribution in [3.63, 3.8) is 0 Å². The van der Waals surface area contributed by atoms with Crippen LogP contribution in [0.5, 0.6) is 0 Å². The van der Waals surface area contributed by atoms with Crippen molar-refractivity contribution in [3.8, 4) is 0 Å². The summed E-state index contributed by atoms with van der Waals surface area (Å²) in [4.78, 5) is 47.6. The van der Waals surface area contributed by atoms with Gasteiger partial charge in [0, 0.05) is 24.3 Å². The van der Waals surface area contributed by atoms with E-state index in [-0.39, 0.29) is 19.8 Å². The van der Waals surface area contributed by atoms with E-state index >= 15 is 0 Å². The van der Waals surface area contributed by atoms with E-state index < -0.39 is 30.0 Å². The van der Waals surface area contributed by atoms with Crippen LogP contribution in [0.25, 0.3) is 0 Å². The Morgan fingerprint density at radius 3 is 1.76 bits per heavy atom. The molecule has 1 atom stereocenters. The van der Waals surface area contributed by atoms with E-state index in [4.69, 9.17) is 14.2 Å². The standard InChI is InChI=1S/C20H29NO8/c1-3-26-17(22)8-9-19(24)28-15-16(14-21-12-6-5-7-13-21)29-20(25)11-10-18(23)27-4-2/h8-11,16H,3-7,12-15H2,1-2H3/p+1/b9-8+,11-10+. The zero-order chi connectivity index (χ0) is 21.5. The number of likely N-dealkylation sites (tertiary alicyclic amines) is 1. The number of hydrogen-bond acceptors (Lipinski definition) is 8. The zero-order valence-electron chi connectivity index (χ0n) is 17.0. The average molecular weight is 412 g/mol. The second-order valence-electron chi connectivity index (χ2n) is 6.37. The van der Waals surface area contributed by atoms with Crippen LogP contribution >= 0.6 is 0 Å². The predicted octanol–water partition coefficient (Wildman–Crippen LogP) is -0.251. The highest BCUT2D eigenvalue weighted by molar-refractivity contribution is 5.92. The maximum absolute atomic E-state index is 12.0. The number of esters is 4. The zero-order valence-corrected chi connectivity index (χ0v) is 17.0. The number of quaternary nitrogens is 1. The molecule has 1 unspecified atom stereocenters. The molecule has 9 nitrogen and oxygen atoms in total. The van der Waals surface area contributed by atoms with Gasteiger partial charge >= 0.3 is 23.9 Å². The van der Waals surface area contributed by atoms with E-state index in [9.17, 15) is 19.2 Å². The Hall–Kier alpha value is -2.68. The lowest BCUT2D eigenvalue weighted by Crippen LogP contribution is -3.14. The fraction of sp³-hybridized carbons (Fsp3) is 0.600. The first-order chi connectivity index (χ1) is 13.9. The molecular weight excluding hydrogens is 382 g/mol. The molecule has 1 aliphatic rings. The van der Waals surface area contributed by atoms with Gasteiger partial charge in [-0.15, -0.1) is 0 Å². The smallest absolute Gasteiger partial charge is 0.331 e. The lowest BCUT2D eigenvalue weighted by Gasteiger charge is -2.27. The lowest BCUT2D eigenvalue weighted by atomic mass is 10.1. The number of carbonyl (C=O) groups excluding carboxylic acids is 4. The first-order valence-corrected chi connectivity index (χ1v) is 9.85. The molecule has 1 aliphatic heterocycles. The van der Waals surface area contributed by atoms with Crippen molar-refractivity contribution >= 4 is 23.9 Å². The molecule has 1 heterocycles. The van der Waals surface area contributed by atoms with Gasteiger partial charge in [0.25, 0.3) is 0 Å². The van der Waals surface area contributed by atoms with Crippen molar-refractivity contribution in [3.05, 3.63) is 24.3 Å². The molecule has 0 aromatic heterocycles. The average Bonchev–Trinajstić information content (AvgIpc) is 2.70. The van der Waals surface area contributed by atoms with Crippen LogP contribution in [-0.2, 0) is 38.1 Å². The highest BCUT2D eigenvalue weighted by atomic mass is 16.6. The second kappa shape index (κ2) is 14.3. The maximum Gasteiger partial charge on any atom is 0.331 e. The summed E-state index contributed by atoms with van der Waals surface area (Å²) in [5.74, 6) is -2.75. The Kier molecular flexibility index (Phi) is 12.0. The second-order valence-corrected chi connectivity index (χ2v) is 6.37. The van der Waals surface area contributed by atoms with Crippen molar-refractivity contribution in [2.24, 2.45) is 0 Å². The van der Waals surface area contributed by atoms with Crippen LogP contribution in [0.1, 0.15) is 33.1 Å². The Balaban J connectivity index is 2.60. The molecule has 0 bridgehead atoms. The summed E-state index contributed by atoms with van der Waals surface area (Å²) >= 11 is 0. The molecule has 0 aliphatic carbocycles. The molecular formula is C20H30NO8+. The number of ether oxygens (including phenoxy) is 4. The van der Waals surface area contributed by atoms with Crippen molar-refractivity contribution in [1.82, 2.24) is 0 Å². The summed E-state index contributed by atoms with van der Waals surface area (Å²) in [6.45, 7) is 5.94. The Labute approximate surface area is 170 Å². The third-order valence-corrected chi connectivity index (χ3v) is 4.06. The Morgan fingerprint density at radius 1 is 0.759 bits per heavy atom. The first-order valence-electron chi connectivity index (χ1n) is 9.85. The number of nitrogens with one attached hydrogen (secondary N) is 1. The van der Waals surface area contributed by atoms with Gasteiger partial charge in [-0.05, 0) is 33.1 Å². The summed E-state index contributed by atoms with van der Waals surface area (Å²) < 4.78 is 19.8.